The first-order chi connectivity index (χ1) is 12.8. The average Bonchev–Trinajstić information content (AvgIpc) is 2.63. The molecule has 1 heterocycles. The van der Waals surface area contributed by atoms with Gasteiger partial charge >= 0.3 is 5.63 Å². The number of aliphatic hydroxyl groups is 1. The van der Waals surface area contributed by atoms with Crippen LogP contribution < -0.4 is 10.4 Å². The van der Waals surface area contributed by atoms with Crippen LogP contribution in [0.4, 0.5) is 0 Å². The fourth-order valence-corrected chi connectivity index (χ4v) is 4.21. The van der Waals surface area contributed by atoms with Crippen LogP contribution in [0.25, 0.3) is 11.0 Å². The molecule has 4 nitrogen and oxygen atoms in total. The van der Waals surface area contributed by atoms with Crippen LogP contribution in [0.3, 0.4) is 0 Å². The lowest BCUT2D eigenvalue weighted by atomic mass is 9.60. The fourth-order valence-electron chi connectivity index (χ4n) is 4.21. The Balaban J connectivity index is 1.80. The van der Waals surface area contributed by atoms with Crippen molar-refractivity contribution in [1.82, 2.24) is 0 Å². The Hall–Kier alpha value is -2.07. The number of hydrogen-bond acceptors (Lipinski definition) is 4. The summed E-state index contributed by atoms with van der Waals surface area (Å²) < 4.78 is 11.4. The van der Waals surface area contributed by atoms with Crippen molar-refractivity contribution in [3.8, 4) is 5.75 Å². The minimum Gasteiger partial charge on any atom is -0.493 e. The van der Waals surface area contributed by atoms with Gasteiger partial charge in [-0.05, 0) is 62.6 Å². The van der Waals surface area contributed by atoms with Gasteiger partial charge in [-0.2, -0.15) is 0 Å². The highest BCUT2D eigenvalue weighted by atomic mass is 16.5. The molecule has 0 amide bonds. The molecule has 1 N–H and O–H groups in total. The molecule has 0 saturated carbocycles. The largest absolute Gasteiger partial charge is 0.493 e. The van der Waals surface area contributed by atoms with Crippen LogP contribution in [0.5, 0.6) is 5.75 Å². The molecule has 0 fully saturated rings. The van der Waals surface area contributed by atoms with Gasteiger partial charge in [0, 0.05) is 23.4 Å². The Kier molecular flexibility index (Phi) is 5.75. The van der Waals surface area contributed by atoms with Crippen molar-refractivity contribution in [1.29, 1.82) is 0 Å². The minimum absolute atomic E-state index is 0.0826. The van der Waals surface area contributed by atoms with Gasteiger partial charge in [0.2, 0.25) is 0 Å². The van der Waals surface area contributed by atoms with Crippen molar-refractivity contribution in [2.75, 3.05) is 6.61 Å². The molecule has 2 aromatic rings. The Morgan fingerprint density at radius 3 is 2.81 bits per heavy atom. The number of fused-ring (bicyclic) bond motifs is 1. The molecule has 4 heteroatoms. The number of aliphatic hydroxyl groups excluding tert-OH is 1. The minimum atomic E-state index is -0.356. The van der Waals surface area contributed by atoms with Crippen molar-refractivity contribution in [3.63, 3.8) is 0 Å². The van der Waals surface area contributed by atoms with E-state index in [-0.39, 0.29) is 17.1 Å². The lowest BCUT2D eigenvalue weighted by molar-refractivity contribution is 0.0471. The molecule has 27 heavy (non-hydrogen) atoms. The molecule has 4 atom stereocenters. The number of rotatable bonds is 6. The lowest BCUT2D eigenvalue weighted by Gasteiger charge is -2.46. The Bertz CT molecular complexity index is 879. The highest BCUT2D eigenvalue weighted by Gasteiger charge is 2.42. The van der Waals surface area contributed by atoms with E-state index in [0.29, 0.717) is 29.8 Å². The molecule has 0 spiro atoms. The third-order valence-electron chi connectivity index (χ3n) is 6.38. The average molecular weight is 370 g/mol. The highest BCUT2D eigenvalue weighted by Crippen LogP contribution is 2.48. The summed E-state index contributed by atoms with van der Waals surface area (Å²) in [5.41, 5.74) is 1.62. The van der Waals surface area contributed by atoms with Crippen LogP contribution in [-0.2, 0) is 0 Å². The fraction of sp³-hybridized carbons (Fsp3) is 0.522. The topological polar surface area (TPSA) is 59.7 Å². The maximum absolute atomic E-state index is 11.5. The summed E-state index contributed by atoms with van der Waals surface area (Å²) in [5.74, 6) is 1.53. The van der Waals surface area contributed by atoms with Gasteiger partial charge in [-0.3, -0.25) is 0 Å². The molecular weight excluding hydrogens is 340 g/mol. The summed E-state index contributed by atoms with van der Waals surface area (Å²) in [4.78, 5) is 11.5. The van der Waals surface area contributed by atoms with Gasteiger partial charge in [0.15, 0.2) is 0 Å². The standard InChI is InChI=1S/C23H30O4/c1-15-5-6-16(2)23(4,12-11-17(3)24)20(15)14-26-19-9-7-18-8-10-22(25)27-21(18)13-19/h5,7-10,13,16-17,20,24H,6,11-12,14H2,1-4H3. The van der Waals surface area contributed by atoms with Gasteiger partial charge in [0.05, 0.1) is 12.7 Å². The molecular formula is C23H30O4. The summed E-state index contributed by atoms with van der Waals surface area (Å²) >= 11 is 0. The Morgan fingerprint density at radius 2 is 2.07 bits per heavy atom. The molecule has 3 rings (SSSR count). The zero-order valence-corrected chi connectivity index (χ0v) is 16.7. The zero-order chi connectivity index (χ0) is 19.6. The monoisotopic (exact) mass is 370 g/mol. The third kappa shape index (κ3) is 4.27. The molecule has 1 aromatic heterocycles. The SMILES string of the molecule is CC1=CCC(C)C(C)(CCC(C)O)C1COc1ccc2ccc(=O)oc2c1. The van der Waals surface area contributed by atoms with E-state index in [4.69, 9.17) is 9.15 Å². The van der Waals surface area contributed by atoms with E-state index in [1.807, 2.05) is 19.1 Å². The van der Waals surface area contributed by atoms with Gasteiger partial charge in [0.1, 0.15) is 11.3 Å². The predicted molar refractivity (Wildman–Crippen MR) is 108 cm³/mol. The van der Waals surface area contributed by atoms with Crippen LogP contribution in [0.2, 0.25) is 0 Å². The summed E-state index contributed by atoms with van der Waals surface area (Å²) in [6.45, 7) is 9.23. The summed E-state index contributed by atoms with van der Waals surface area (Å²) in [7, 11) is 0. The molecule has 1 aromatic carbocycles. The van der Waals surface area contributed by atoms with Crippen molar-refractivity contribution in [3.05, 3.63) is 52.4 Å². The first-order valence-corrected chi connectivity index (χ1v) is 9.81. The maximum Gasteiger partial charge on any atom is 0.336 e. The van der Waals surface area contributed by atoms with Gasteiger partial charge in [-0.1, -0.05) is 25.5 Å². The summed E-state index contributed by atoms with van der Waals surface area (Å²) in [6, 6.07) is 8.80. The smallest absolute Gasteiger partial charge is 0.336 e. The second kappa shape index (κ2) is 7.89. The van der Waals surface area contributed by atoms with Crippen molar-refractivity contribution in [2.24, 2.45) is 17.3 Å². The van der Waals surface area contributed by atoms with E-state index >= 15 is 0 Å². The van der Waals surface area contributed by atoms with Crippen LogP contribution in [0.15, 0.2) is 51.2 Å². The molecule has 0 radical (unpaired) electrons. The van der Waals surface area contributed by atoms with Crippen LogP contribution in [-0.4, -0.2) is 17.8 Å². The first-order valence-electron chi connectivity index (χ1n) is 9.81. The van der Waals surface area contributed by atoms with Gasteiger partial charge in [-0.25, -0.2) is 4.79 Å². The second-order valence-electron chi connectivity index (χ2n) is 8.30. The highest BCUT2D eigenvalue weighted by molar-refractivity contribution is 5.77. The Labute approximate surface area is 160 Å². The van der Waals surface area contributed by atoms with E-state index in [2.05, 4.69) is 26.8 Å². The van der Waals surface area contributed by atoms with Crippen molar-refractivity contribution < 1.29 is 14.3 Å². The second-order valence-corrected chi connectivity index (χ2v) is 8.30. The number of allylic oxidation sites excluding steroid dienone is 1. The number of hydrogen-bond donors (Lipinski definition) is 1. The molecule has 1 aliphatic rings. The predicted octanol–water partition coefficient (Wildman–Crippen LogP) is 4.94. The van der Waals surface area contributed by atoms with E-state index in [1.165, 1.54) is 11.6 Å². The molecule has 0 aliphatic heterocycles. The first kappa shape index (κ1) is 19.7. The molecule has 1 aliphatic carbocycles. The molecule has 0 saturated heterocycles. The third-order valence-corrected chi connectivity index (χ3v) is 6.38. The normalized spacial score (nSPS) is 26.6. The summed E-state index contributed by atoms with van der Waals surface area (Å²) in [5, 5.41) is 10.7. The Morgan fingerprint density at radius 1 is 1.33 bits per heavy atom. The molecule has 4 unspecified atom stereocenters. The summed E-state index contributed by atoms with van der Waals surface area (Å²) in [6.07, 6.45) is 4.87. The van der Waals surface area contributed by atoms with Gasteiger partial charge in [-0.15, -0.1) is 0 Å². The van der Waals surface area contributed by atoms with Crippen LogP contribution in [0, 0.1) is 17.3 Å². The van der Waals surface area contributed by atoms with Crippen molar-refractivity contribution >= 4 is 11.0 Å². The van der Waals surface area contributed by atoms with E-state index < -0.39 is 0 Å². The molecule has 146 valence electrons. The van der Waals surface area contributed by atoms with E-state index in [0.717, 1.165) is 24.6 Å². The van der Waals surface area contributed by atoms with Crippen LogP contribution in [0.1, 0.15) is 47.0 Å². The van der Waals surface area contributed by atoms with E-state index in [1.54, 1.807) is 12.1 Å². The van der Waals surface area contributed by atoms with Gasteiger partial charge in [0.25, 0.3) is 0 Å². The zero-order valence-electron chi connectivity index (χ0n) is 16.7. The van der Waals surface area contributed by atoms with Crippen LogP contribution >= 0.6 is 0 Å². The quantitative estimate of drug-likeness (QED) is 0.578. The number of ether oxygens (including phenoxy) is 1. The van der Waals surface area contributed by atoms with E-state index in [9.17, 15) is 9.90 Å². The number of benzene rings is 1. The van der Waals surface area contributed by atoms with Gasteiger partial charge < -0.3 is 14.3 Å². The molecule has 0 bridgehead atoms. The van der Waals surface area contributed by atoms with Crippen molar-refractivity contribution in [2.45, 2.75) is 53.1 Å². The maximum atomic E-state index is 11.5. The lowest BCUT2D eigenvalue weighted by Crippen LogP contribution is -2.41.